The van der Waals surface area contributed by atoms with Gasteiger partial charge >= 0.3 is 0 Å². The Labute approximate surface area is 79.5 Å². The molecule has 0 aliphatic carbocycles. The van der Waals surface area contributed by atoms with Gasteiger partial charge in [0.05, 0.1) is 12.3 Å². The number of aliphatic hydroxyl groups is 1. The summed E-state index contributed by atoms with van der Waals surface area (Å²) in [5.74, 6) is 0. The first-order valence-electron chi connectivity index (χ1n) is 3.53. The molecule has 0 aliphatic heterocycles. The van der Waals surface area contributed by atoms with Crippen molar-refractivity contribution in [3.63, 3.8) is 0 Å². The van der Waals surface area contributed by atoms with E-state index in [4.69, 9.17) is 4.74 Å². The summed E-state index contributed by atoms with van der Waals surface area (Å²) in [6, 6.07) is 3.63. The van der Waals surface area contributed by atoms with Crippen LogP contribution in [0.3, 0.4) is 0 Å². The zero-order valence-electron chi connectivity index (χ0n) is 6.70. The predicted molar refractivity (Wildman–Crippen MR) is 48.8 cm³/mol. The minimum Gasteiger partial charge on any atom is -0.384 e. The van der Waals surface area contributed by atoms with Crippen LogP contribution in [0.15, 0.2) is 22.8 Å². The molecule has 0 radical (unpaired) electrons. The highest BCUT2D eigenvalue weighted by Crippen LogP contribution is 2.20. The molecular formula is C8H10BrNO2. The normalized spacial score (nSPS) is 12.9. The molecule has 1 unspecified atom stereocenters. The van der Waals surface area contributed by atoms with E-state index in [2.05, 4.69) is 20.9 Å². The fourth-order valence-corrected chi connectivity index (χ4v) is 1.40. The van der Waals surface area contributed by atoms with E-state index in [0.717, 1.165) is 4.47 Å². The molecule has 3 nitrogen and oxygen atoms in total. The van der Waals surface area contributed by atoms with E-state index in [-0.39, 0.29) is 6.61 Å². The minimum absolute atomic E-state index is 0.260. The van der Waals surface area contributed by atoms with Gasteiger partial charge in [0.15, 0.2) is 0 Å². The van der Waals surface area contributed by atoms with Crippen molar-refractivity contribution in [3.8, 4) is 0 Å². The summed E-state index contributed by atoms with van der Waals surface area (Å²) in [6.45, 7) is 0.260. The van der Waals surface area contributed by atoms with Gasteiger partial charge in [0.1, 0.15) is 6.10 Å². The van der Waals surface area contributed by atoms with Crippen LogP contribution in [0.1, 0.15) is 11.8 Å². The average Bonchev–Trinajstić information content (AvgIpc) is 2.05. The predicted octanol–water partition coefficient (Wildman–Crippen LogP) is 1.52. The van der Waals surface area contributed by atoms with Crippen LogP contribution in [0.2, 0.25) is 0 Å². The van der Waals surface area contributed by atoms with Crippen molar-refractivity contribution in [2.24, 2.45) is 0 Å². The molecule has 0 amide bonds. The summed E-state index contributed by atoms with van der Waals surface area (Å²) in [4.78, 5) is 4.02. The van der Waals surface area contributed by atoms with Crippen LogP contribution in [0.5, 0.6) is 0 Å². The Kier molecular flexibility index (Phi) is 3.65. The molecule has 1 aromatic heterocycles. The molecule has 12 heavy (non-hydrogen) atoms. The molecular weight excluding hydrogens is 222 g/mol. The monoisotopic (exact) mass is 231 g/mol. The molecule has 0 aromatic carbocycles. The average molecular weight is 232 g/mol. The molecule has 0 saturated heterocycles. The van der Waals surface area contributed by atoms with Crippen LogP contribution in [0.4, 0.5) is 0 Å². The fraction of sp³-hybridized carbons (Fsp3) is 0.375. The van der Waals surface area contributed by atoms with Gasteiger partial charge in [0.25, 0.3) is 0 Å². The second-order valence-corrected chi connectivity index (χ2v) is 3.20. The number of halogens is 1. The molecule has 0 bridgehead atoms. The molecule has 1 heterocycles. The second kappa shape index (κ2) is 4.54. The van der Waals surface area contributed by atoms with Gasteiger partial charge < -0.3 is 9.84 Å². The van der Waals surface area contributed by atoms with Crippen LogP contribution >= 0.6 is 15.9 Å². The molecule has 1 atom stereocenters. The van der Waals surface area contributed by atoms with Gasteiger partial charge in [-0.05, 0) is 28.1 Å². The lowest BCUT2D eigenvalue weighted by atomic mass is 10.2. The Balaban J connectivity index is 2.79. The van der Waals surface area contributed by atoms with Crippen LogP contribution in [0, 0.1) is 0 Å². The quantitative estimate of drug-likeness (QED) is 0.859. The number of hydrogen-bond donors (Lipinski definition) is 1. The van der Waals surface area contributed by atoms with Crippen molar-refractivity contribution in [2.75, 3.05) is 13.7 Å². The largest absolute Gasteiger partial charge is 0.384 e. The number of rotatable bonds is 3. The second-order valence-electron chi connectivity index (χ2n) is 2.34. The lowest BCUT2D eigenvalue weighted by Gasteiger charge is -2.09. The van der Waals surface area contributed by atoms with Crippen LogP contribution in [-0.4, -0.2) is 23.8 Å². The standard InChI is InChI=1S/C8H10BrNO2/c1-12-5-7(11)8-6(9)3-2-4-10-8/h2-4,7,11H,5H2,1H3. The first-order valence-corrected chi connectivity index (χ1v) is 4.32. The minimum atomic E-state index is -0.662. The number of ether oxygens (including phenoxy) is 1. The lowest BCUT2D eigenvalue weighted by molar-refractivity contribution is 0.0612. The smallest absolute Gasteiger partial charge is 0.120 e. The summed E-state index contributed by atoms with van der Waals surface area (Å²) in [7, 11) is 1.54. The molecule has 0 saturated carbocycles. The molecule has 0 fully saturated rings. The summed E-state index contributed by atoms with van der Waals surface area (Å²) in [5.41, 5.74) is 0.611. The summed E-state index contributed by atoms with van der Waals surface area (Å²) >= 11 is 3.29. The van der Waals surface area contributed by atoms with Gasteiger partial charge in [-0.3, -0.25) is 4.98 Å². The highest BCUT2D eigenvalue weighted by atomic mass is 79.9. The molecule has 0 spiro atoms. The summed E-state index contributed by atoms with van der Waals surface area (Å²) in [5, 5.41) is 9.48. The Morgan fingerprint density at radius 2 is 2.50 bits per heavy atom. The Morgan fingerprint density at radius 3 is 3.08 bits per heavy atom. The number of methoxy groups -OCH3 is 1. The number of pyridine rings is 1. The molecule has 1 N–H and O–H groups in total. The van der Waals surface area contributed by atoms with E-state index in [1.54, 1.807) is 19.4 Å². The van der Waals surface area contributed by atoms with Gasteiger partial charge in [-0.1, -0.05) is 0 Å². The van der Waals surface area contributed by atoms with Gasteiger partial charge in [-0.2, -0.15) is 0 Å². The SMILES string of the molecule is COCC(O)c1ncccc1Br. The van der Waals surface area contributed by atoms with Crippen molar-refractivity contribution in [1.82, 2.24) is 4.98 Å². The van der Waals surface area contributed by atoms with E-state index in [0.29, 0.717) is 5.69 Å². The number of hydrogen-bond acceptors (Lipinski definition) is 3. The Bertz CT molecular complexity index is 255. The Hall–Kier alpha value is -0.450. The summed E-state index contributed by atoms with van der Waals surface area (Å²) < 4.78 is 5.60. The first-order chi connectivity index (χ1) is 5.75. The van der Waals surface area contributed by atoms with E-state index in [9.17, 15) is 5.11 Å². The molecule has 0 aliphatic rings. The summed E-state index contributed by atoms with van der Waals surface area (Å²) in [6.07, 6.45) is 0.976. The van der Waals surface area contributed by atoms with Gasteiger partial charge in [-0.25, -0.2) is 0 Å². The zero-order valence-corrected chi connectivity index (χ0v) is 8.28. The zero-order chi connectivity index (χ0) is 8.97. The van der Waals surface area contributed by atoms with E-state index in [1.165, 1.54) is 0 Å². The highest BCUT2D eigenvalue weighted by Gasteiger charge is 2.11. The van der Waals surface area contributed by atoms with Crippen molar-refractivity contribution < 1.29 is 9.84 Å². The van der Waals surface area contributed by atoms with E-state index in [1.807, 2.05) is 6.07 Å². The number of aliphatic hydroxyl groups excluding tert-OH is 1. The van der Waals surface area contributed by atoms with Crippen LogP contribution in [0.25, 0.3) is 0 Å². The van der Waals surface area contributed by atoms with Crippen LogP contribution < -0.4 is 0 Å². The van der Waals surface area contributed by atoms with Crippen molar-refractivity contribution >= 4 is 15.9 Å². The third-order valence-electron chi connectivity index (χ3n) is 1.43. The third kappa shape index (κ3) is 2.27. The maximum absolute atomic E-state index is 9.48. The fourth-order valence-electron chi connectivity index (χ4n) is 0.880. The van der Waals surface area contributed by atoms with Crippen molar-refractivity contribution in [2.45, 2.75) is 6.10 Å². The highest BCUT2D eigenvalue weighted by molar-refractivity contribution is 9.10. The maximum atomic E-state index is 9.48. The molecule has 66 valence electrons. The van der Waals surface area contributed by atoms with E-state index < -0.39 is 6.10 Å². The van der Waals surface area contributed by atoms with Crippen molar-refractivity contribution in [3.05, 3.63) is 28.5 Å². The van der Waals surface area contributed by atoms with Crippen molar-refractivity contribution in [1.29, 1.82) is 0 Å². The van der Waals surface area contributed by atoms with Crippen LogP contribution in [-0.2, 0) is 4.74 Å². The van der Waals surface area contributed by atoms with Gasteiger partial charge in [-0.15, -0.1) is 0 Å². The number of nitrogens with zero attached hydrogens (tertiary/aromatic N) is 1. The molecule has 1 aromatic rings. The number of aromatic nitrogens is 1. The third-order valence-corrected chi connectivity index (χ3v) is 2.10. The maximum Gasteiger partial charge on any atom is 0.120 e. The molecule has 1 rings (SSSR count). The first kappa shape index (κ1) is 9.64. The Morgan fingerprint density at radius 1 is 1.75 bits per heavy atom. The topological polar surface area (TPSA) is 42.4 Å². The van der Waals surface area contributed by atoms with Gasteiger partial charge in [0, 0.05) is 17.8 Å². The van der Waals surface area contributed by atoms with E-state index >= 15 is 0 Å². The lowest BCUT2D eigenvalue weighted by Crippen LogP contribution is -2.07. The van der Waals surface area contributed by atoms with Gasteiger partial charge in [0.2, 0.25) is 0 Å². The molecule has 4 heteroatoms.